The van der Waals surface area contributed by atoms with Crippen LogP contribution in [0.15, 0.2) is 58.4 Å². The standard InChI is InChI=1S/C18H11BF4N5O/c20-13-6-7-15(19(21,22)23)12(8-13)10-25-28-18-26-16(11-4-2-1-3-5-11)14(9-24)17(29)27-18/h1-8,10H,(H2,26,27,28,29)/q-1. The van der Waals surface area contributed by atoms with E-state index in [-0.39, 0.29) is 17.2 Å². The largest absolute Gasteiger partial charge is 0.510 e. The fraction of sp³-hybridized carbons (Fsp3) is 0. The molecule has 0 aliphatic carbocycles. The van der Waals surface area contributed by atoms with Gasteiger partial charge in [0.15, 0.2) is 0 Å². The van der Waals surface area contributed by atoms with Crippen LogP contribution in [0.4, 0.5) is 23.3 Å². The number of hydrogen-bond acceptors (Lipinski definition) is 5. The Labute approximate surface area is 161 Å². The van der Waals surface area contributed by atoms with Gasteiger partial charge in [0, 0.05) is 5.56 Å². The number of nitriles is 1. The molecule has 3 rings (SSSR count). The third-order valence-electron chi connectivity index (χ3n) is 3.85. The predicted molar refractivity (Wildman–Crippen MR) is 101 cm³/mol. The lowest BCUT2D eigenvalue weighted by Crippen LogP contribution is -2.37. The number of nitrogens with zero attached hydrogens (tertiary/aromatic N) is 3. The molecule has 11 heteroatoms. The van der Waals surface area contributed by atoms with Gasteiger partial charge >= 0.3 is 6.98 Å². The summed E-state index contributed by atoms with van der Waals surface area (Å²) in [5, 5.41) is 12.8. The van der Waals surface area contributed by atoms with E-state index in [1.807, 2.05) is 0 Å². The highest BCUT2D eigenvalue weighted by Crippen LogP contribution is 2.19. The molecule has 2 N–H and O–H groups in total. The lowest BCUT2D eigenvalue weighted by molar-refractivity contribution is 0.500. The van der Waals surface area contributed by atoms with E-state index in [9.17, 15) is 27.4 Å². The molecule has 29 heavy (non-hydrogen) atoms. The van der Waals surface area contributed by atoms with Crippen LogP contribution >= 0.6 is 0 Å². The highest BCUT2D eigenvalue weighted by Gasteiger charge is 2.28. The molecule has 6 nitrogen and oxygen atoms in total. The molecule has 0 spiro atoms. The van der Waals surface area contributed by atoms with Gasteiger partial charge in [0.2, 0.25) is 5.95 Å². The minimum Gasteiger partial charge on any atom is -0.445 e. The van der Waals surface area contributed by atoms with Crippen molar-refractivity contribution >= 4 is 24.6 Å². The number of rotatable bonds is 5. The quantitative estimate of drug-likeness (QED) is 0.298. The average Bonchev–Trinajstić information content (AvgIpc) is 2.67. The Balaban J connectivity index is 1.95. The summed E-state index contributed by atoms with van der Waals surface area (Å²) in [6.45, 7) is -5.37. The van der Waals surface area contributed by atoms with E-state index in [2.05, 4.69) is 20.5 Å². The lowest BCUT2D eigenvalue weighted by Gasteiger charge is -2.17. The molecule has 0 aliphatic rings. The maximum Gasteiger partial charge on any atom is 0.510 e. The number of halogens is 4. The Morgan fingerprint density at radius 3 is 2.55 bits per heavy atom. The van der Waals surface area contributed by atoms with E-state index >= 15 is 0 Å². The van der Waals surface area contributed by atoms with Gasteiger partial charge in [0.1, 0.15) is 17.4 Å². The monoisotopic (exact) mass is 400 g/mol. The van der Waals surface area contributed by atoms with E-state index in [0.29, 0.717) is 23.8 Å². The predicted octanol–water partition coefficient (Wildman–Crippen LogP) is 2.95. The van der Waals surface area contributed by atoms with E-state index in [1.54, 1.807) is 36.4 Å². The van der Waals surface area contributed by atoms with E-state index in [4.69, 9.17) is 0 Å². The van der Waals surface area contributed by atoms with Crippen LogP contribution in [0.25, 0.3) is 11.3 Å². The van der Waals surface area contributed by atoms with E-state index in [1.165, 1.54) is 0 Å². The number of hydrogen-bond donors (Lipinski definition) is 2. The number of benzene rings is 2. The summed E-state index contributed by atoms with van der Waals surface area (Å²) >= 11 is 0. The molecular weight excluding hydrogens is 389 g/mol. The highest BCUT2D eigenvalue weighted by atomic mass is 19.4. The molecule has 0 saturated heterocycles. The van der Waals surface area contributed by atoms with Crippen molar-refractivity contribution in [3.63, 3.8) is 0 Å². The van der Waals surface area contributed by atoms with Crippen LogP contribution in [0.2, 0.25) is 0 Å². The smallest absolute Gasteiger partial charge is 0.445 e. The van der Waals surface area contributed by atoms with Gasteiger partial charge in [-0.3, -0.25) is 9.78 Å². The first-order chi connectivity index (χ1) is 13.8. The van der Waals surface area contributed by atoms with E-state index in [0.717, 1.165) is 6.21 Å². The van der Waals surface area contributed by atoms with Gasteiger partial charge in [-0.25, -0.2) is 14.8 Å². The molecule has 3 aromatic rings. The van der Waals surface area contributed by atoms with Gasteiger partial charge < -0.3 is 12.9 Å². The summed E-state index contributed by atoms with van der Waals surface area (Å²) in [4.78, 5) is 18.5. The second-order valence-corrected chi connectivity index (χ2v) is 5.83. The number of aromatic amines is 1. The van der Waals surface area contributed by atoms with Crippen molar-refractivity contribution in [3.05, 3.63) is 75.8 Å². The first-order valence-corrected chi connectivity index (χ1v) is 8.18. The molecule has 0 amide bonds. The van der Waals surface area contributed by atoms with Crippen molar-refractivity contribution in [1.82, 2.24) is 9.97 Å². The van der Waals surface area contributed by atoms with Gasteiger partial charge in [-0.15, -0.1) is 0 Å². The van der Waals surface area contributed by atoms with Crippen molar-refractivity contribution in [2.75, 3.05) is 5.43 Å². The number of H-pyrrole nitrogens is 1. The first kappa shape index (κ1) is 19.8. The third-order valence-corrected chi connectivity index (χ3v) is 3.85. The molecule has 0 unspecified atom stereocenters. The minimum atomic E-state index is -5.37. The van der Waals surface area contributed by atoms with Crippen LogP contribution in [0.1, 0.15) is 11.1 Å². The van der Waals surface area contributed by atoms with Crippen molar-refractivity contribution in [2.24, 2.45) is 5.10 Å². The summed E-state index contributed by atoms with van der Waals surface area (Å²) in [5.74, 6) is -1.05. The second kappa shape index (κ2) is 7.98. The molecule has 146 valence electrons. The molecule has 1 heterocycles. The summed E-state index contributed by atoms with van der Waals surface area (Å²) in [6, 6.07) is 12.2. The summed E-state index contributed by atoms with van der Waals surface area (Å²) in [6.07, 6.45) is 0.772. The lowest BCUT2D eigenvalue weighted by atomic mass is 9.77. The fourth-order valence-electron chi connectivity index (χ4n) is 2.55. The van der Waals surface area contributed by atoms with Gasteiger partial charge in [0.25, 0.3) is 5.56 Å². The van der Waals surface area contributed by atoms with Crippen LogP contribution in [0.5, 0.6) is 0 Å². The Kier molecular flexibility index (Phi) is 5.45. The van der Waals surface area contributed by atoms with Crippen molar-refractivity contribution in [2.45, 2.75) is 0 Å². The van der Waals surface area contributed by atoms with Crippen LogP contribution in [0.3, 0.4) is 0 Å². The van der Waals surface area contributed by atoms with Crippen LogP contribution < -0.4 is 16.4 Å². The number of aromatic nitrogens is 2. The Hall–Kier alpha value is -3.94. The zero-order chi connectivity index (χ0) is 21.0. The highest BCUT2D eigenvalue weighted by molar-refractivity contribution is 6.74. The Morgan fingerprint density at radius 1 is 1.17 bits per heavy atom. The van der Waals surface area contributed by atoms with Crippen molar-refractivity contribution in [3.8, 4) is 17.3 Å². The molecule has 0 fully saturated rings. The normalized spacial score (nSPS) is 11.4. The topological polar surface area (TPSA) is 93.9 Å². The fourth-order valence-corrected chi connectivity index (χ4v) is 2.55. The van der Waals surface area contributed by atoms with Crippen molar-refractivity contribution < 1.29 is 17.3 Å². The average molecular weight is 400 g/mol. The molecule has 1 aromatic heterocycles. The van der Waals surface area contributed by atoms with E-state index < -0.39 is 29.4 Å². The second-order valence-electron chi connectivity index (χ2n) is 5.83. The third kappa shape index (κ3) is 4.49. The first-order valence-electron chi connectivity index (χ1n) is 8.18. The summed E-state index contributed by atoms with van der Waals surface area (Å²) < 4.78 is 52.6. The Bertz CT molecular complexity index is 1170. The summed E-state index contributed by atoms with van der Waals surface area (Å²) in [7, 11) is 0. The van der Waals surface area contributed by atoms with Gasteiger partial charge in [-0.2, -0.15) is 10.4 Å². The molecule has 0 atom stereocenters. The number of nitrogens with one attached hydrogen (secondary N) is 2. The molecule has 0 saturated carbocycles. The Morgan fingerprint density at radius 2 is 1.90 bits per heavy atom. The zero-order valence-electron chi connectivity index (χ0n) is 14.5. The maximum absolute atomic E-state index is 13.3. The molecule has 0 radical (unpaired) electrons. The zero-order valence-corrected chi connectivity index (χ0v) is 14.5. The minimum absolute atomic E-state index is 0.0830. The van der Waals surface area contributed by atoms with Crippen LogP contribution in [-0.2, 0) is 0 Å². The van der Waals surface area contributed by atoms with Crippen LogP contribution in [-0.4, -0.2) is 23.2 Å². The number of anilines is 1. The summed E-state index contributed by atoms with van der Waals surface area (Å²) in [5.41, 5.74) is 0.418. The molecule has 0 aliphatic heterocycles. The van der Waals surface area contributed by atoms with Crippen molar-refractivity contribution in [1.29, 1.82) is 5.26 Å². The molecular formula is C18H11BF4N5O-. The number of hydrazone groups is 1. The van der Waals surface area contributed by atoms with Crippen LogP contribution in [0, 0.1) is 17.1 Å². The SMILES string of the molecule is N#Cc1c(-c2ccccc2)nc(NN=Cc2cc(F)ccc2[B-](F)(F)F)[nH]c1=O. The molecule has 0 bridgehead atoms. The molecule has 2 aromatic carbocycles. The van der Waals surface area contributed by atoms with Gasteiger partial charge in [-0.1, -0.05) is 41.9 Å². The van der Waals surface area contributed by atoms with Gasteiger partial charge in [0.05, 0.1) is 11.9 Å². The maximum atomic E-state index is 13.3. The van der Waals surface area contributed by atoms with Gasteiger partial charge in [-0.05, 0) is 17.7 Å².